The molecule has 2 saturated heterocycles. The quantitative estimate of drug-likeness (QED) is 0.461. The monoisotopic (exact) mass is 569 g/mol. The van der Waals surface area contributed by atoms with E-state index in [1.165, 1.54) is 25.3 Å². The third kappa shape index (κ3) is 6.27. The first-order chi connectivity index (χ1) is 19.5. The van der Waals surface area contributed by atoms with Crippen molar-refractivity contribution in [2.45, 2.75) is 77.3 Å². The maximum atomic E-state index is 15.2. The van der Waals surface area contributed by atoms with Crippen molar-refractivity contribution in [1.29, 1.82) is 0 Å². The summed E-state index contributed by atoms with van der Waals surface area (Å²) < 4.78 is 15.2. The minimum atomic E-state index is -0.424. The Hall–Kier alpha value is -2.23. The maximum Gasteiger partial charge on any atom is 0.319 e. The number of nitrogens with zero attached hydrogens (tertiary/aromatic N) is 3. The summed E-state index contributed by atoms with van der Waals surface area (Å²) in [7, 11) is 0. The number of nitrogens with one attached hydrogen (secondary N) is 2. The number of β-amino-alcohol motifs (C(OH)–C–C–N with tert-alkyl or cyclic N) is 1. The number of aliphatic hydroxyl groups excluding tert-OH is 1. The van der Waals surface area contributed by atoms with Gasteiger partial charge in [0.25, 0.3) is 0 Å². The molecule has 0 aromatic heterocycles. The fraction of sp³-hybridized carbons (Fsp3) is 0.750. The van der Waals surface area contributed by atoms with Gasteiger partial charge in [-0.05, 0) is 92.4 Å². The summed E-state index contributed by atoms with van der Waals surface area (Å²) in [5, 5.41) is 15.3. The maximum absolute atomic E-state index is 15.2. The smallest absolute Gasteiger partial charge is 0.319 e. The van der Waals surface area contributed by atoms with E-state index in [1.807, 2.05) is 11.0 Å². The summed E-state index contributed by atoms with van der Waals surface area (Å²) in [6.07, 6.45) is 8.66. The van der Waals surface area contributed by atoms with E-state index >= 15 is 4.39 Å². The van der Waals surface area contributed by atoms with E-state index in [0.717, 1.165) is 57.3 Å². The zero-order valence-electron chi connectivity index (χ0n) is 24.9. The number of anilines is 1. The molecule has 0 spiro atoms. The first-order valence-corrected chi connectivity index (χ1v) is 15.8. The predicted molar refractivity (Wildman–Crippen MR) is 157 cm³/mol. The number of benzene rings is 1. The van der Waals surface area contributed by atoms with Gasteiger partial charge in [0.15, 0.2) is 0 Å². The number of rotatable bonds is 7. The number of piperazine rings is 1. The van der Waals surface area contributed by atoms with Crippen molar-refractivity contribution in [2.24, 2.45) is 22.7 Å². The van der Waals surface area contributed by atoms with Gasteiger partial charge < -0.3 is 20.6 Å². The number of aliphatic hydroxyl groups is 1. The van der Waals surface area contributed by atoms with Gasteiger partial charge in [0.1, 0.15) is 5.82 Å². The number of hydrogen-bond acceptors (Lipinski definition) is 5. The van der Waals surface area contributed by atoms with Gasteiger partial charge in [-0.2, -0.15) is 0 Å². The molecule has 4 bridgehead atoms. The molecular formula is C32H48FN5O3. The second kappa shape index (κ2) is 11.1. The lowest BCUT2D eigenvalue weighted by molar-refractivity contribution is -0.139. The largest absolute Gasteiger partial charge is 0.395 e. The molecule has 6 aliphatic rings. The van der Waals surface area contributed by atoms with Crippen LogP contribution in [-0.4, -0.2) is 89.7 Å². The molecule has 226 valence electrons. The molecule has 3 unspecified atom stereocenters. The van der Waals surface area contributed by atoms with E-state index in [-0.39, 0.29) is 35.7 Å². The van der Waals surface area contributed by atoms with Crippen LogP contribution in [0.1, 0.15) is 70.8 Å². The zero-order valence-corrected chi connectivity index (χ0v) is 24.9. The molecule has 3 amide bonds. The van der Waals surface area contributed by atoms with Gasteiger partial charge in [0.05, 0.1) is 18.2 Å². The highest BCUT2D eigenvalue weighted by atomic mass is 19.1. The first kappa shape index (κ1) is 28.9. The van der Waals surface area contributed by atoms with E-state index in [4.69, 9.17) is 5.11 Å². The molecule has 9 heteroatoms. The van der Waals surface area contributed by atoms with Gasteiger partial charge in [0, 0.05) is 51.4 Å². The number of halogens is 1. The van der Waals surface area contributed by atoms with E-state index in [2.05, 4.69) is 34.3 Å². The van der Waals surface area contributed by atoms with Crippen molar-refractivity contribution in [3.05, 3.63) is 29.6 Å². The molecule has 2 aliphatic heterocycles. The Morgan fingerprint density at radius 1 is 1.00 bits per heavy atom. The van der Waals surface area contributed by atoms with Gasteiger partial charge >= 0.3 is 6.03 Å². The Balaban J connectivity index is 1.02. The standard InChI is InChI=1S/C32H48FN5O3/c1-30-15-24-16-31(2,20-30)22-32(17-24,21-30)35-29(41)34-27-6-5-23(14-26(27)33)18-37-7-3-4-25(19-37)28(40)38-10-8-36(9-11-38)12-13-39/h5-6,14,24-25,39H,3-4,7-13,15-22H2,1-2H3,(H2,34,35,41)/t24?,25?,30-,31+,32?. The van der Waals surface area contributed by atoms with Gasteiger partial charge in [-0.3, -0.25) is 14.6 Å². The number of urea groups is 1. The molecule has 41 heavy (non-hydrogen) atoms. The molecule has 1 aromatic carbocycles. The number of likely N-dealkylation sites (tertiary alicyclic amines) is 1. The number of amides is 3. The molecule has 1 aromatic rings. The number of carbonyl (C=O) groups is 2. The second-order valence-electron chi connectivity index (χ2n) is 14.8. The topological polar surface area (TPSA) is 88.2 Å². The van der Waals surface area contributed by atoms with Gasteiger partial charge in [0.2, 0.25) is 5.91 Å². The Labute approximate surface area is 244 Å². The van der Waals surface area contributed by atoms with Crippen molar-refractivity contribution in [3.8, 4) is 0 Å². The fourth-order valence-electron chi connectivity index (χ4n) is 9.99. The third-order valence-corrected chi connectivity index (χ3v) is 10.6. The summed E-state index contributed by atoms with van der Waals surface area (Å²) in [5.74, 6) is 0.436. The molecule has 4 saturated carbocycles. The first-order valence-electron chi connectivity index (χ1n) is 15.8. The Morgan fingerprint density at radius 2 is 1.73 bits per heavy atom. The van der Waals surface area contributed by atoms with Crippen LogP contribution in [0.2, 0.25) is 0 Å². The highest BCUT2D eigenvalue weighted by Gasteiger charge is 2.60. The molecule has 0 radical (unpaired) electrons. The van der Waals surface area contributed by atoms with Crippen LogP contribution >= 0.6 is 0 Å². The van der Waals surface area contributed by atoms with Crippen LogP contribution in [0, 0.1) is 28.5 Å². The minimum absolute atomic E-state index is 0.0308. The van der Waals surface area contributed by atoms with Crippen molar-refractivity contribution < 1.29 is 19.1 Å². The van der Waals surface area contributed by atoms with E-state index in [9.17, 15) is 9.59 Å². The average Bonchev–Trinajstić information content (AvgIpc) is 2.88. The number of carbonyl (C=O) groups excluding carboxylic acids is 2. The molecule has 4 aliphatic carbocycles. The van der Waals surface area contributed by atoms with Crippen molar-refractivity contribution >= 4 is 17.6 Å². The molecule has 6 fully saturated rings. The van der Waals surface area contributed by atoms with Gasteiger partial charge in [-0.1, -0.05) is 19.9 Å². The summed E-state index contributed by atoms with van der Waals surface area (Å²) >= 11 is 0. The molecule has 8 nitrogen and oxygen atoms in total. The lowest BCUT2D eigenvalue weighted by Crippen LogP contribution is -2.65. The molecule has 5 atom stereocenters. The average molecular weight is 570 g/mol. The summed E-state index contributed by atoms with van der Waals surface area (Å²) in [5.41, 5.74) is 1.46. The second-order valence-corrected chi connectivity index (χ2v) is 14.8. The van der Waals surface area contributed by atoms with E-state index < -0.39 is 5.82 Å². The highest BCUT2D eigenvalue weighted by Crippen LogP contribution is 2.66. The van der Waals surface area contributed by atoms with Crippen LogP contribution in [0.5, 0.6) is 0 Å². The number of piperidine rings is 1. The number of hydrogen-bond donors (Lipinski definition) is 3. The van der Waals surface area contributed by atoms with E-state index in [0.29, 0.717) is 49.5 Å². The Morgan fingerprint density at radius 3 is 2.39 bits per heavy atom. The lowest BCUT2D eigenvalue weighted by atomic mass is 9.43. The Bertz CT molecular complexity index is 1140. The van der Waals surface area contributed by atoms with Crippen molar-refractivity contribution in [1.82, 2.24) is 20.0 Å². The van der Waals surface area contributed by atoms with Crippen LogP contribution in [0.4, 0.5) is 14.9 Å². The Kier molecular flexibility index (Phi) is 7.83. The summed E-state index contributed by atoms with van der Waals surface area (Å²) in [6, 6.07) is 4.77. The van der Waals surface area contributed by atoms with Gasteiger partial charge in [-0.25, -0.2) is 9.18 Å². The van der Waals surface area contributed by atoms with Gasteiger partial charge in [-0.15, -0.1) is 0 Å². The SMILES string of the molecule is C[C@]12CC3CC(NC(=O)Nc4ccc(CN5CCCC(C(=O)N6CCN(CCO)CC6)C5)cc4F)(C1)C[C@@](C)(C3)C2. The molecule has 7 rings (SSSR count). The normalized spacial score (nSPS) is 35.5. The van der Waals surface area contributed by atoms with Crippen molar-refractivity contribution in [3.63, 3.8) is 0 Å². The minimum Gasteiger partial charge on any atom is -0.395 e. The third-order valence-electron chi connectivity index (χ3n) is 10.6. The van der Waals surface area contributed by atoms with Crippen LogP contribution in [0.25, 0.3) is 0 Å². The van der Waals surface area contributed by atoms with Crippen LogP contribution < -0.4 is 10.6 Å². The highest BCUT2D eigenvalue weighted by molar-refractivity contribution is 5.90. The zero-order chi connectivity index (χ0) is 28.8. The predicted octanol–water partition coefficient (Wildman–Crippen LogP) is 4.04. The van der Waals surface area contributed by atoms with Crippen LogP contribution in [0.15, 0.2) is 18.2 Å². The molecule has 2 heterocycles. The molecule has 3 N–H and O–H groups in total. The van der Waals surface area contributed by atoms with E-state index in [1.54, 1.807) is 6.07 Å². The van der Waals surface area contributed by atoms with Crippen LogP contribution in [-0.2, 0) is 11.3 Å². The summed E-state index contributed by atoms with van der Waals surface area (Å²) in [4.78, 5) is 32.7. The lowest BCUT2D eigenvalue weighted by Gasteiger charge is -2.65. The van der Waals surface area contributed by atoms with Crippen LogP contribution in [0.3, 0.4) is 0 Å². The fourth-order valence-corrected chi connectivity index (χ4v) is 9.99. The van der Waals surface area contributed by atoms with Crippen molar-refractivity contribution in [2.75, 3.05) is 57.7 Å². The molecular weight excluding hydrogens is 521 g/mol. The summed E-state index contributed by atoms with van der Waals surface area (Å²) in [6.45, 7) is 10.8.